The first-order valence-electron chi connectivity index (χ1n) is 10.2. The average Bonchev–Trinajstić information content (AvgIpc) is 2.71. The van der Waals surface area contributed by atoms with Crippen LogP contribution in [-0.2, 0) is 19.3 Å². The van der Waals surface area contributed by atoms with E-state index in [1.54, 1.807) is 11.1 Å². The molecule has 1 aliphatic carbocycles. The first-order valence-corrected chi connectivity index (χ1v) is 10.2. The van der Waals surface area contributed by atoms with Crippen LogP contribution in [0.3, 0.4) is 0 Å². The summed E-state index contributed by atoms with van der Waals surface area (Å²) in [6.07, 6.45) is 6.56. The number of fused-ring (bicyclic) bond motifs is 1. The van der Waals surface area contributed by atoms with Gasteiger partial charge in [0.15, 0.2) is 0 Å². The highest BCUT2D eigenvalue weighted by atomic mass is 14.1. The van der Waals surface area contributed by atoms with Gasteiger partial charge < -0.3 is 0 Å². The molecule has 0 amide bonds. The fourth-order valence-electron chi connectivity index (χ4n) is 3.18. The van der Waals surface area contributed by atoms with Crippen molar-refractivity contribution < 1.29 is 0 Å². The third kappa shape index (κ3) is 7.83. The van der Waals surface area contributed by atoms with Gasteiger partial charge in [-0.05, 0) is 69.6 Å². The predicted molar refractivity (Wildman–Crippen MR) is 120 cm³/mol. The highest BCUT2D eigenvalue weighted by molar-refractivity contribution is 5.33. The zero-order valence-electron chi connectivity index (χ0n) is 17.5. The quantitative estimate of drug-likeness (QED) is 0.424. The van der Waals surface area contributed by atoms with Gasteiger partial charge in [0.1, 0.15) is 0 Å². The Morgan fingerprint density at radius 3 is 1.59 bits per heavy atom. The summed E-state index contributed by atoms with van der Waals surface area (Å²) >= 11 is 0. The van der Waals surface area contributed by atoms with E-state index in [-0.39, 0.29) is 0 Å². The summed E-state index contributed by atoms with van der Waals surface area (Å²) < 4.78 is 0. The van der Waals surface area contributed by atoms with Gasteiger partial charge in [-0.3, -0.25) is 0 Å². The van der Waals surface area contributed by atoms with Crippen molar-refractivity contribution in [1.82, 2.24) is 0 Å². The van der Waals surface area contributed by atoms with Crippen LogP contribution in [0.5, 0.6) is 0 Å². The van der Waals surface area contributed by atoms with Crippen molar-refractivity contribution in [3.8, 4) is 0 Å². The summed E-state index contributed by atoms with van der Waals surface area (Å²) in [4.78, 5) is 0. The lowest BCUT2D eigenvalue weighted by Crippen LogP contribution is -2.02. The first kappa shape index (κ1) is 21.0. The molecule has 0 aliphatic heterocycles. The Bertz CT molecular complexity index is 761. The predicted octanol–water partition coefficient (Wildman–Crippen LogP) is 7.43. The normalized spacial score (nSPS) is 12.0. The zero-order chi connectivity index (χ0) is 19.5. The van der Waals surface area contributed by atoms with Gasteiger partial charge in [-0.1, -0.05) is 96.4 Å². The second kappa shape index (κ2) is 11.4. The maximum absolute atomic E-state index is 2.40. The molecule has 27 heavy (non-hydrogen) atoms. The highest BCUT2D eigenvalue weighted by Crippen LogP contribution is 2.22. The minimum atomic E-state index is 1.17. The summed E-state index contributed by atoms with van der Waals surface area (Å²) in [6.45, 7) is 8.50. The topological polar surface area (TPSA) is 0 Å². The molecule has 0 N–H and O–H groups in total. The van der Waals surface area contributed by atoms with Gasteiger partial charge in [0, 0.05) is 0 Å². The van der Waals surface area contributed by atoms with Crippen molar-refractivity contribution in [3.63, 3.8) is 0 Å². The van der Waals surface area contributed by atoms with Crippen molar-refractivity contribution in [2.75, 3.05) is 0 Å². The lowest BCUT2D eigenvalue weighted by molar-refractivity contribution is 0.684. The van der Waals surface area contributed by atoms with Crippen molar-refractivity contribution in [1.29, 1.82) is 0 Å². The van der Waals surface area contributed by atoms with Crippen molar-refractivity contribution in [3.05, 3.63) is 106 Å². The fourth-order valence-corrected chi connectivity index (χ4v) is 3.18. The minimum absolute atomic E-state index is 1.17. The van der Waals surface area contributed by atoms with Crippen LogP contribution in [0.15, 0.2) is 72.8 Å². The molecular weight excluding hydrogens is 324 g/mol. The Balaban J connectivity index is 0.000000153. The van der Waals surface area contributed by atoms with Crippen LogP contribution in [0.1, 0.15) is 53.1 Å². The fraction of sp³-hybridized carbons (Fsp3) is 0.333. The van der Waals surface area contributed by atoms with Gasteiger partial charge >= 0.3 is 0 Å². The molecule has 0 unspecified atom stereocenters. The molecule has 3 aromatic rings. The molecule has 0 heterocycles. The molecule has 4 rings (SSSR count). The number of hydrogen-bond donors (Lipinski definition) is 0. The molecule has 0 heteroatoms. The molecule has 0 atom stereocenters. The lowest BCUT2D eigenvalue weighted by Gasteiger charge is -2.15. The Kier molecular flexibility index (Phi) is 8.84. The molecule has 0 bridgehead atoms. The van der Waals surface area contributed by atoms with Gasteiger partial charge in [0.2, 0.25) is 0 Å². The molecule has 142 valence electrons. The van der Waals surface area contributed by atoms with E-state index in [1.807, 2.05) is 18.2 Å². The van der Waals surface area contributed by atoms with E-state index in [4.69, 9.17) is 0 Å². The monoisotopic (exact) mass is 358 g/mol. The minimum Gasteiger partial charge on any atom is -0.0622 e. The third-order valence-corrected chi connectivity index (χ3v) is 4.98. The van der Waals surface area contributed by atoms with Gasteiger partial charge in [0.25, 0.3) is 0 Å². The van der Waals surface area contributed by atoms with Crippen LogP contribution in [0.4, 0.5) is 0 Å². The van der Waals surface area contributed by atoms with E-state index < -0.39 is 0 Å². The van der Waals surface area contributed by atoms with Crippen molar-refractivity contribution in [2.24, 2.45) is 0 Å². The van der Waals surface area contributed by atoms with Crippen molar-refractivity contribution >= 4 is 0 Å². The molecule has 1 aliphatic rings. The van der Waals surface area contributed by atoms with Crippen LogP contribution in [-0.4, -0.2) is 0 Å². The van der Waals surface area contributed by atoms with Crippen LogP contribution in [0, 0.1) is 20.8 Å². The SMILES string of the molecule is CCc1ccc2c(c1)CCCC2.Cc1ccc(C)cc1.Cc1ccccc1. The largest absolute Gasteiger partial charge is 0.0622 e. The van der Waals surface area contributed by atoms with Gasteiger partial charge in [-0.15, -0.1) is 0 Å². The number of benzene rings is 3. The van der Waals surface area contributed by atoms with Crippen LogP contribution in [0.25, 0.3) is 0 Å². The second-order valence-corrected chi connectivity index (χ2v) is 7.47. The van der Waals surface area contributed by atoms with Crippen molar-refractivity contribution in [2.45, 2.75) is 59.8 Å². The molecule has 0 radical (unpaired) electrons. The Labute approximate surface area is 166 Å². The standard InChI is InChI=1S/C12H16.C8H10.C7H8/c1-2-10-7-8-11-5-3-4-6-12(11)9-10;1-7-3-5-8(2)6-4-7;1-7-5-3-2-4-6-7/h7-9H,2-6H2,1H3;3-6H,1-2H3;2-6H,1H3. The van der Waals surface area contributed by atoms with E-state index in [0.717, 1.165) is 0 Å². The van der Waals surface area contributed by atoms with E-state index >= 15 is 0 Å². The van der Waals surface area contributed by atoms with Crippen LogP contribution >= 0.6 is 0 Å². The zero-order valence-corrected chi connectivity index (χ0v) is 17.5. The maximum atomic E-state index is 2.40. The Morgan fingerprint density at radius 2 is 1.11 bits per heavy atom. The summed E-state index contributed by atoms with van der Waals surface area (Å²) in [7, 11) is 0. The van der Waals surface area contributed by atoms with Crippen LogP contribution < -0.4 is 0 Å². The summed E-state index contributed by atoms with van der Waals surface area (Å²) in [6, 6.07) is 25.7. The molecular formula is C27H34. The smallest absolute Gasteiger partial charge is 0.0276 e. The van der Waals surface area contributed by atoms with Gasteiger partial charge in [-0.2, -0.15) is 0 Å². The van der Waals surface area contributed by atoms with Gasteiger partial charge in [0.05, 0.1) is 0 Å². The molecule has 0 spiro atoms. The molecule has 0 saturated heterocycles. The molecule has 0 saturated carbocycles. The Morgan fingerprint density at radius 1 is 0.593 bits per heavy atom. The molecule has 0 fully saturated rings. The second-order valence-electron chi connectivity index (χ2n) is 7.47. The number of rotatable bonds is 1. The summed E-state index contributed by atoms with van der Waals surface area (Å²) in [5.74, 6) is 0. The number of hydrogen-bond acceptors (Lipinski definition) is 0. The molecule has 3 aromatic carbocycles. The highest BCUT2D eigenvalue weighted by Gasteiger charge is 2.08. The third-order valence-electron chi connectivity index (χ3n) is 4.98. The maximum Gasteiger partial charge on any atom is -0.0276 e. The van der Waals surface area contributed by atoms with E-state index in [1.165, 1.54) is 54.4 Å². The average molecular weight is 359 g/mol. The van der Waals surface area contributed by atoms with E-state index in [0.29, 0.717) is 0 Å². The lowest BCUT2D eigenvalue weighted by atomic mass is 9.90. The van der Waals surface area contributed by atoms with Gasteiger partial charge in [-0.25, -0.2) is 0 Å². The first-order chi connectivity index (χ1) is 13.1. The number of aryl methyl sites for hydroxylation is 6. The summed E-state index contributed by atoms with van der Waals surface area (Å²) in [5, 5.41) is 0. The molecule has 0 nitrogen and oxygen atoms in total. The van der Waals surface area contributed by atoms with E-state index in [9.17, 15) is 0 Å². The van der Waals surface area contributed by atoms with E-state index in [2.05, 4.69) is 82.3 Å². The Hall–Kier alpha value is -2.34. The molecule has 0 aromatic heterocycles. The summed E-state index contributed by atoms with van der Waals surface area (Å²) in [5.41, 5.74) is 8.68. The van der Waals surface area contributed by atoms with Crippen LogP contribution in [0.2, 0.25) is 0 Å².